The lowest BCUT2D eigenvalue weighted by atomic mass is 10.2. The van der Waals surface area contributed by atoms with Crippen LogP contribution in [0.1, 0.15) is 5.56 Å². The van der Waals surface area contributed by atoms with Gasteiger partial charge in [-0.1, -0.05) is 12.1 Å². The quantitative estimate of drug-likeness (QED) is 0.849. The van der Waals surface area contributed by atoms with Crippen molar-refractivity contribution in [2.75, 3.05) is 12.4 Å². The van der Waals surface area contributed by atoms with Crippen LogP contribution in [0.25, 0.3) is 0 Å². The van der Waals surface area contributed by atoms with Crippen LogP contribution in [0.3, 0.4) is 0 Å². The fraction of sp³-hybridized carbons (Fsp3) is 0.167. The lowest BCUT2D eigenvalue weighted by Gasteiger charge is -2.11. The summed E-state index contributed by atoms with van der Waals surface area (Å²) in [5, 5.41) is 3.39. The summed E-state index contributed by atoms with van der Waals surface area (Å²) >= 11 is 5.76. The fourth-order valence-electron chi connectivity index (χ4n) is 1.42. The molecule has 1 heterocycles. The minimum Gasteiger partial charge on any atom is -0.495 e. The second-order valence-corrected chi connectivity index (χ2v) is 3.83. The second kappa shape index (κ2) is 5.01. The van der Waals surface area contributed by atoms with Gasteiger partial charge in [0.1, 0.15) is 11.6 Å². The van der Waals surface area contributed by atoms with E-state index in [4.69, 9.17) is 16.3 Å². The van der Waals surface area contributed by atoms with E-state index in [1.807, 2.05) is 31.2 Å². The average Bonchev–Trinajstić information content (AvgIpc) is 2.34. The zero-order valence-electron chi connectivity index (χ0n) is 9.57. The van der Waals surface area contributed by atoms with E-state index in [9.17, 15) is 0 Å². The molecule has 0 aliphatic rings. The summed E-state index contributed by atoms with van der Waals surface area (Å²) in [5.41, 5.74) is 1.76. The van der Waals surface area contributed by atoms with Crippen LogP contribution in [0.2, 0.25) is 5.28 Å². The van der Waals surface area contributed by atoms with Crippen LogP contribution in [0, 0.1) is 6.92 Å². The molecule has 0 radical (unpaired) electrons. The number of nitrogens with one attached hydrogen (secondary N) is 1. The van der Waals surface area contributed by atoms with Crippen molar-refractivity contribution in [2.24, 2.45) is 0 Å². The predicted molar refractivity (Wildman–Crippen MR) is 68.1 cm³/mol. The molecule has 0 aliphatic heterocycles. The molecule has 1 aromatic heterocycles. The van der Waals surface area contributed by atoms with Gasteiger partial charge in [0.15, 0.2) is 0 Å². The highest BCUT2D eigenvalue weighted by Crippen LogP contribution is 2.27. The first-order chi connectivity index (χ1) is 8.20. The normalized spacial score (nSPS) is 10.1. The first-order valence-corrected chi connectivity index (χ1v) is 5.47. The van der Waals surface area contributed by atoms with E-state index < -0.39 is 0 Å². The van der Waals surface area contributed by atoms with E-state index in [0.29, 0.717) is 5.82 Å². The van der Waals surface area contributed by atoms with Gasteiger partial charge < -0.3 is 10.1 Å². The Morgan fingerprint density at radius 2 is 2.06 bits per heavy atom. The van der Waals surface area contributed by atoms with Crippen molar-refractivity contribution < 1.29 is 4.74 Å². The highest BCUT2D eigenvalue weighted by molar-refractivity contribution is 6.28. The van der Waals surface area contributed by atoms with Crippen LogP contribution in [0.15, 0.2) is 30.5 Å². The molecule has 0 amide bonds. The van der Waals surface area contributed by atoms with Crippen LogP contribution >= 0.6 is 11.6 Å². The van der Waals surface area contributed by atoms with Gasteiger partial charge in [0.2, 0.25) is 5.28 Å². The molecule has 0 unspecified atom stereocenters. The summed E-state index contributed by atoms with van der Waals surface area (Å²) in [7, 11) is 1.63. The monoisotopic (exact) mass is 249 g/mol. The van der Waals surface area contributed by atoms with Crippen LogP contribution in [0.5, 0.6) is 5.75 Å². The Hall–Kier alpha value is -1.81. The summed E-state index contributed by atoms with van der Waals surface area (Å²) in [6, 6.07) is 7.61. The molecule has 0 atom stereocenters. The molecule has 0 fully saturated rings. The number of aryl methyl sites for hydroxylation is 1. The maximum absolute atomic E-state index is 5.76. The molecule has 2 aromatic rings. The first-order valence-electron chi connectivity index (χ1n) is 5.10. The maximum atomic E-state index is 5.76. The van der Waals surface area contributed by atoms with E-state index in [2.05, 4.69) is 15.3 Å². The van der Waals surface area contributed by atoms with Gasteiger partial charge in [-0.15, -0.1) is 0 Å². The van der Waals surface area contributed by atoms with Crippen molar-refractivity contribution in [3.05, 3.63) is 41.3 Å². The van der Waals surface area contributed by atoms with E-state index in [1.165, 1.54) is 0 Å². The van der Waals surface area contributed by atoms with Gasteiger partial charge in [-0.05, 0) is 30.7 Å². The van der Waals surface area contributed by atoms with Crippen LogP contribution in [0.4, 0.5) is 11.5 Å². The number of hydrogen-bond acceptors (Lipinski definition) is 4. The summed E-state index contributed by atoms with van der Waals surface area (Å²) in [5.74, 6) is 1.43. The van der Waals surface area contributed by atoms with Crippen LogP contribution < -0.4 is 10.1 Å². The van der Waals surface area contributed by atoms with E-state index in [0.717, 1.165) is 17.0 Å². The highest BCUT2D eigenvalue weighted by atomic mass is 35.5. The minimum absolute atomic E-state index is 0.216. The lowest BCUT2D eigenvalue weighted by Crippen LogP contribution is -1.99. The van der Waals surface area contributed by atoms with Gasteiger partial charge in [0.25, 0.3) is 0 Å². The Balaban J connectivity index is 2.34. The number of ether oxygens (including phenoxy) is 1. The molecule has 0 saturated heterocycles. The van der Waals surface area contributed by atoms with E-state index in [-0.39, 0.29) is 5.28 Å². The third-order valence-electron chi connectivity index (χ3n) is 2.30. The second-order valence-electron chi connectivity index (χ2n) is 3.50. The predicted octanol–water partition coefficient (Wildman–Crippen LogP) is 3.19. The topological polar surface area (TPSA) is 47.0 Å². The molecule has 0 bridgehead atoms. The van der Waals surface area contributed by atoms with Gasteiger partial charge in [-0.3, -0.25) is 0 Å². The molecular weight excluding hydrogens is 238 g/mol. The number of hydrogen-bond donors (Lipinski definition) is 1. The summed E-state index contributed by atoms with van der Waals surface area (Å²) < 4.78 is 5.25. The fourth-order valence-corrected chi connectivity index (χ4v) is 1.56. The van der Waals surface area contributed by atoms with Gasteiger partial charge in [-0.2, -0.15) is 0 Å². The van der Waals surface area contributed by atoms with Crippen LogP contribution in [-0.2, 0) is 0 Å². The number of para-hydroxylation sites is 2. The molecule has 5 heteroatoms. The molecule has 0 aliphatic carbocycles. The number of methoxy groups -OCH3 is 1. The van der Waals surface area contributed by atoms with Crippen molar-refractivity contribution in [1.82, 2.24) is 9.97 Å². The lowest BCUT2D eigenvalue weighted by molar-refractivity contribution is 0.417. The van der Waals surface area contributed by atoms with Crippen LogP contribution in [-0.4, -0.2) is 17.1 Å². The number of benzene rings is 1. The average molecular weight is 250 g/mol. The Morgan fingerprint density at radius 3 is 2.82 bits per heavy atom. The summed E-state index contributed by atoms with van der Waals surface area (Å²) in [4.78, 5) is 8.04. The number of rotatable bonds is 3. The standard InChI is InChI=1S/C12H12ClN3O/c1-8-7-14-12(13)16-11(8)15-9-5-3-4-6-10(9)17-2/h3-7H,1-2H3,(H,14,15,16). The minimum atomic E-state index is 0.216. The molecule has 1 aromatic carbocycles. The third kappa shape index (κ3) is 2.65. The Morgan fingerprint density at radius 1 is 1.29 bits per heavy atom. The highest BCUT2D eigenvalue weighted by Gasteiger charge is 2.06. The summed E-state index contributed by atoms with van der Waals surface area (Å²) in [6.07, 6.45) is 1.67. The van der Waals surface area contributed by atoms with Crippen molar-refractivity contribution in [2.45, 2.75) is 6.92 Å². The van der Waals surface area contributed by atoms with Gasteiger partial charge in [0.05, 0.1) is 12.8 Å². The number of anilines is 2. The first kappa shape index (κ1) is 11.7. The van der Waals surface area contributed by atoms with E-state index in [1.54, 1.807) is 13.3 Å². The van der Waals surface area contributed by atoms with Crippen molar-refractivity contribution in [3.8, 4) is 5.75 Å². The molecule has 4 nitrogen and oxygen atoms in total. The zero-order chi connectivity index (χ0) is 12.3. The Kier molecular flexibility index (Phi) is 3.44. The maximum Gasteiger partial charge on any atom is 0.224 e. The molecule has 1 N–H and O–H groups in total. The van der Waals surface area contributed by atoms with E-state index >= 15 is 0 Å². The third-order valence-corrected chi connectivity index (χ3v) is 2.48. The molecule has 0 saturated carbocycles. The van der Waals surface area contributed by atoms with Crippen molar-refractivity contribution in [1.29, 1.82) is 0 Å². The molecule has 0 spiro atoms. The number of nitrogens with zero attached hydrogens (tertiary/aromatic N) is 2. The number of aromatic nitrogens is 2. The Bertz CT molecular complexity index is 531. The molecule has 88 valence electrons. The van der Waals surface area contributed by atoms with Gasteiger partial charge in [0, 0.05) is 11.8 Å². The van der Waals surface area contributed by atoms with Crippen molar-refractivity contribution in [3.63, 3.8) is 0 Å². The smallest absolute Gasteiger partial charge is 0.224 e. The molecule has 2 rings (SSSR count). The largest absolute Gasteiger partial charge is 0.495 e. The van der Waals surface area contributed by atoms with Gasteiger partial charge >= 0.3 is 0 Å². The molecular formula is C12H12ClN3O. The Labute approximate surface area is 105 Å². The number of halogens is 1. The van der Waals surface area contributed by atoms with Crippen molar-refractivity contribution >= 4 is 23.1 Å². The molecule has 17 heavy (non-hydrogen) atoms. The van der Waals surface area contributed by atoms with Gasteiger partial charge in [-0.25, -0.2) is 9.97 Å². The zero-order valence-corrected chi connectivity index (χ0v) is 10.3. The SMILES string of the molecule is COc1ccccc1Nc1nc(Cl)ncc1C. The summed E-state index contributed by atoms with van der Waals surface area (Å²) in [6.45, 7) is 1.91.